The molecule has 0 aromatic carbocycles. The van der Waals surface area contributed by atoms with Crippen molar-refractivity contribution >= 4 is 17.1 Å². The van der Waals surface area contributed by atoms with Crippen molar-refractivity contribution in [1.29, 1.82) is 0 Å². The summed E-state index contributed by atoms with van der Waals surface area (Å²) in [5.41, 5.74) is 1.83. The average molecular weight is 170 g/mol. The highest BCUT2D eigenvalue weighted by Gasteiger charge is 2.08. The molecule has 0 bridgehead atoms. The zero-order chi connectivity index (χ0) is 8.27. The van der Waals surface area contributed by atoms with Crippen molar-refractivity contribution in [3.8, 4) is 0 Å². The Morgan fingerprint density at radius 3 is 2.82 bits per heavy atom. The smallest absolute Gasteiger partial charge is 0.189 e. The molecule has 60 valence electrons. The van der Waals surface area contributed by atoms with E-state index in [2.05, 4.69) is 0 Å². The maximum absolute atomic E-state index is 11.2. The molecule has 0 amide bonds. The molecule has 0 spiro atoms. The lowest BCUT2D eigenvalue weighted by atomic mass is 10.1. The molecule has 0 saturated carbocycles. The second kappa shape index (κ2) is 3.64. The average Bonchev–Trinajstić information content (AvgIpc) is 2.36. The van der Waals surface area contributed by atoms with E-state index in [1.807, 2.05) is 17.7 Å². The van der Waals surface area contributed by atoms with E-state index in [1.54, 1.807) is 11.3 Å². The first kappa shape index (κ1) is 8.43. The maximum atomic E-state index is 11.2. The molecule has 3 heteroatoms. The number of ether oxygens (including phenoxy) is 1. The summed E-state index contributed by atoms with van der Waals surface area (Å²) in [6.45, 7) is 2.11. The van der Waals surface area contributed by atoms with Gasteiger partial charge < -0.3 is 4.74 Å². The van der Waals surface area contributed by atoms with Gasteiger partial charge in [-0.15, -0.1) is 0 Å². The minimum Gasteiger partial charge on any atom is -0.377 e. The highest BCUT2D eigenvalue weighted by molar-refractivity contribution is 7.08. The summed E-state index contributed by atoms with van der Waals surface area (Å²) in [7, 11) is 1.53. The lowest BCUT2D eigenvalue weighted by Crippen LogP contribution is -2.06. The van der Waals surface area contributed by atoms with Crippen molar-refractivity contribution in [1.82, 2.24) is 0 Å². The van der Waals surface area contributed by atoms with Gasteiger partial charge in [-0.25, -0.2) is 0 Å². The van der Waals surface area contributed by atoms with Crippen LogP contribution in [0.2, 0.25) is 0 Å². The SMILES string of the molecule is COCC(=O)c1cscc1C. The van der Waals surface area contributed by atoms with Crippen LogP contribution in [0.1, 0.15) is 15.9 Å². The van der Waals surface area contributed by atoms with Gasteiger partial charge in [-0.2, -0.15) is 11.3 Å². The number of aryl methyl sites for hydroxylation is 1. The Morgan fingerprint density at radius 1 is 1.64 bits per heavy atom. The third kappa shape index (κ3) is 1.88. The molecule has 1 aromatic rings. The van der Waals surface area contributed by atoms with Crippen molar-refractivity contribution in [3.05, 3.63) is 21.9 Å². The summed E-state index contributed by atoms with van der Waals surface area (Å²) >= 11 is 1.54. The predicted molar refractivity (Wildman–Crippen MR) is 45.3 cm³/mol. The number of hydrogen-bond donors (Lipinski definition) is 0. The third-order valence-corrected chi connectivity index (χ3v) is 2.29. The summed E-state index contributed by atoms with van der Waals surface area (Å²) in [4.78, 5) is 11.2. The van der Waals surface area contributed by atoms with Gasteiger partial charge in [-0.3, -0.25) is 4.79 Å². The van der Waals surface area contributed by atoms with Crippen LogP contribution >= 0.6 is 11.3 Å². The summed E-state index contributed by atoms with van der Waals surface area (Å²) in [6, 6.07) is 0. The molecule has 1 heterocycles. The number of Topliss-reactive ketones (excluding diaryl/α,β-unsaturated/α-hetero) is 1. The van der Waals surface area contributed by atoms with Crippen LogP contribution in [0, 0.1) is 6.92 Å². The molecule has 0 aliphatic carbocycles. The van der Waals surface area contributed by atoms with Gasteiger partial charge in [0, 0.05) is 18.1 Å². The molecular weight excluding hydrogens is 160 g/mol. The number of ketones is 1. The highest BCUT2D eigenvalue weighted by atomic mass is 32.1. The summed E-state index contributed by atoms with van der Waals surface area (Å²) in [6.07, 6.45) is 0. The van der Waals surface area contributed by atoms with Crippen LogP contribution in [0.4, 0.5) is 0 Å². The number of hydrogen-bond acceptors (Lipinski definition) is 3. The Bertz CT molecular complexity index is 252. The van der Waals surface area contributed by atoms with Crippen molar-refractivity contribution in [2.75, 3.05) is 13.7 Å². The largest absolute Gasteiger partial charge is 0.377 e. The molecule has 0 saturated heterocycles. The lowest BCUT2D eigenvalue weighted by Gasteiger charge is -1.96. The second-order valence-electron chi connectivity index (χ2n) is 2.32. The molecule has 0 radical (unpaired) electrons. The third-order valence-electron chi connectivity index (χ3n) is 1.43. The van der Waals surface area contributed by atoms with E-state index >= 15 is 0 Å². The van der Waals surface area contributed by atoms with Gasteiger partial charge in [-0.1, -0.05) is 0 Å². The van der Waals surface area contributed by atoms with Crippen molar-refractivity contribution in [3.63, 3.8) is 0 Å². The van der Waals surface area contributed by atoms with Gasteiger partial charge in [-0.05, 0) is 17.9 Å². The number of thiophene rings is 1. The number of rotatable bonds is 3. The Morgan fingerprint density at radius 2 is 2.36 bits per heavy atom. The molecule has 2 nitrogen and oxygen atoms in total. The van der Waals surface area contributed by atoms with Crippen LogP contribution in [-0.4, -0.2) is 19.5 Å². The first-order valence-corrected chi connectivity index (χ1v) is 4.25. The van der Waals surface area contributed by atoms with Gasteiger partial charge >= 0.3 is 0 Å². The van der Waals surface area contributed by atoms with Crippen LogP contribution in [0.3, 0.4) is 0 Å². The molecule has 0 aliphatic rings. The van der Waals surface area contributed by atoms with Crippen LogP contribution < -0.4 is 0 Å². The molecule has 0 aliphatic heterocycles. The molecule has 1 rings (SSSR count). The first-order valence-electron chi connectivity index (χ1n) is 3.30. The fourth-order valence-electron chi connectivity index (χ4n) is 0.855. The normalized spacial score (nSPS) is 10.0. The molecule has 1 aromatic heterocycles. The van der Waals surface area contributed by atoms with Gasteiger partial charge in [0.25, 0.3) is 0 Å². The van der Waals surface area contributed by atoms with Crippen LogP contribution in [0.15, 0.2) is 10.8 Å². The standard InChI is InChI=1S/C8H10O2S/c1-6-4-11-5-7(6)8(9)3-10-2/h4-5H,3H2,1-2H3. The number of carbonyl (C=O) groups is 1. The molecule has 0 atom stereocenters. The van der Waals surface area contributed by atoms with E-state index in [9.17, 15) is 4.79 Å². The van der Waals surface area contributed by atoms with E-state index in [0.29, 0.717) is 0 Å². The topological polar surface area (TPSA) is 26.3 Å². The number of methoxy groups -OCH3 is 1. The van der Waals surface area contributed by atoms with Crippen molar-refractivity contribution in [2.24, 2.45) is 0 Å². The molecular formula is C8H10O2S. The Labute approximate surface area is 69.8 Å². The van der Waals surface area contributed by atoms with Crippen molar-refractivity contribution in [2.45, 2.75) is 6.92 Å². The molecule has 0 N–H and O–H groups in total. The molecule has 0 fully saturated rings. The van der Waals surface area contributed by atoms with E-state index in [4.69, 9.17) is 4.74 Å². The van der Waals surface area contributed by atoms with E-state index < -0.39 is 0 Å². The summed E-state index contributed by atoms with van der Waals surface area (Å²) in [5, 5.41) is 3.82. The minimum atomic E-state index is 0.0613. The van der Waals surface area contributed by atoms with Gasteiger partial charge in [0.2, 0.25) is 0 Å². The van der Waals surface area contributed by atoms with Crippen LogP contribution in [0.5, 0.6) is 0 Å². The Balaban J connectivity index is 2.76. The molecule has 0 unspecified atom stereocenters. The fourth-order valence-corrected chi connectivity index (χ4v) is 1.71. The maximum Gasteiger partial charge on any atom is 0.189 e. The van der Waals surface area contributed by atoms with E-state index in [1.165, 1.54) is 7.11 Å². The van der Waals surface area contributed by atoms with Gasteiger partial charge in [0.15, 0.2) is 5.78 Å². The fraction of sp³-hybridized carbons (Fsp3) is 0.375. The predicted octanol–water partition coefficient (Wildman–Crippen LogP) is 1.89. The highest BCUT2D eigenvalue weighted by Crippen LogP contribution is 2.13. The van der Waals surface area contributed by atoms with Crippen molar-refractivity contribution < 1.29 is 9.53 Å². The summed E-state index contributed by atoms with van der Waals surface area (Å²) in [5.74, 6) is 0.0613. The zero-order valence-electron chi connectivity index (χ0n) is 6.59. The van der Waals surface area contributed by atoms with Crippen LogP contribution in [-0.2, 0) is 4.74 Å². The summed E-state index contributed by atoms with van der Waals surface area (Å²) < 4.78 is 4.74. The van der Waals surface area contributed by atoms with Gasteiger partial charge in [0.05, 0.1) is 0 Å². The Hall–Kier alpha value is -0.670. The van der Waals surface area contributed by atoms with E-state index in [0.717, 1.165) is 11.1 Å². The Kier molecular flexibility index (Phi) is 2.79. The van der Waals surface area contributed by atoms with Gasteiger partial charge in [0.1, 0.15) is 6.61 Å². The van der Waals surface area contributed by atoms with Crippen LogP contribution in [0.25, 0.3) is 0 Å². The molecule has 11 heavy (non-hydrogen) atoms. The monoisotopic (exact) mass is 170 g/mol. The zero-order valence-corrected chi connectivity index (χ0v) is 7.40. The quantitative estimate of drug-likeness (QED) is 0.647. The van der Waals surface area contributed by atoms with E-state index in [-0.39, 0.29) is 12.4 Å². The first-order chi connectivity index (χ1) is 5.25. The number of carbonyl (C=O) groups excluding carboxylic acids is 1. The minimum absolute atomic E-state index is 0.0613. The second-order valence-corrected chi connectivity index (χ2v) is 3.07. The lowest BCUT2D eigenvalue weighted by molar-refractivity contribution is 0.0848.